The molecule has 10 nitrogen and oxygen atoms in total. The summed E-state index contributed by atoms with van der Waals surface area (Å²) in [6.07, 6.45) is -4.13. The molecule has 42 heavy (non-hydrogen) atoms. The third-order valence-corrected chi connectivity index (χ3v) is 7.08. The maximum absolute atomic E-state index is 13.3. The van der Waals surface area contributed by atoms with Gasteiger partial charge in [0.25, 0.3) is 11.8 Å². The Hall–Kier alpha value is -5.07. The Bertz CT molecular complexity index is 1650. The standard InChI is InChI=1S/C29H26F3N5O5/c1-17-16-36(28(40)41)11-12-37(17)27(39)24-14-19-13-22(8-9-23(19)35(24)2)42-25-10-7-21(15-33-25)34-26(38)18-3-5-20(6-4-18)29(30,31)32/h3-10,13-15,17H,11-12,16H2,1-2H3,(H,34,38)(H,40,41)/t17-/m1/s1. The van der Waals surface area contributed by atoms with Crippen LogP contribution in [0.3, 0.4) is 0 Å². The first kappa shape index (κ1) is 28.5. The van der Waals surface area contributed by atoms with Crippen LogP contribution < -0.4 is 10.1 Å². The van der Waals surface area contributed by atoms with Gasteiger partial charge in [-0.1, -0.05) is 0 Å². The summed E-state index contributed by atoms with van der Waals surface area (Å²) in [6, 6.07) is 13.8. The number of carbonyl (C=O) groups is 3. The summed E-state index contributed by atoms with van der Waals surface area (Å²) in [4.78, 5) is 44.2. The molecule has 2 aromatic heterocycles. The van der Waals surface area contributed by atoms with E-state index >= 15 is 0 Å². The van der Waals surface area contributed by atoms with Crippen molar-refractivity contribution in [2.24, 2.45) is 7.05 Å². The number of nitrogens with one attached hydrogen (secondary N) is 1. The highest BCUT2D eigenvalue weighted by molar-refractivity contribution is 6.04. The van der Waals surface area contributed by atoms with E-state index in [0.717, 1.165) is 35.2 Å². The van der Waals surface area contributed by atoms with Crippen molar-refractivity contribution in [3.05, 3.63) is 83.7 Å². The summed E-state index contributed by atoms with van der Waals surface area (Å²) in [5.41, 5.74) is 0.812. The number of amides is 3. The van der Waals surface area contributed by atoms with Gasteiger partial charge in [0.1, 0.15) is 11.4 Å². The van der Waals surface area contributed by atoms with E-state index in [1.807, 2.05) is 13.0 Å². The molecule has 3 heterocycles. The fraction of sp³-hybridized carbons (Fsp3) is 0.241. The summed E-state index contributed by atoms with van der Waals surface area (Å²) < 4.78 is 45.9. The van der Waals surface area contributed by atoms with E-state index in [4.69, 9.17) is 4.74 Å². The minimum atomic E-state index is -4.49. The first-order valence-corrected chi connectivity index (χ1v) is 12.9. The number of fused-ring (bicyclic) bond motifs is 1. The molecule has 1 aliphatic heterocycles. The average molecular weight is 582 g/mol. The summed E-state index contributed by atoms with van der Waals surface area (Å²) in [6.45, 7) is 2.61. The molecule has 0 aliphatic carbocycles. The van der Waals surface area contributed by atoms with E-state index in [2.05, 4.69) is 10.3 Å². The highest BCUT2D eigenvalue weighted by Gasteiger charge is 2.32. The van der Waals surface area contributed by atoms with E-state index in [9.17, 15) is 32.7 Å². The van der Waals surface area contributed by atoms with Crippen molar-refractivity contribution >= 4 is 34.5 Å². The molecule has 1 atom stereocenters. The van der Waals surface area contributed by atoms with E-state index in [0.29, 0.717) is 23.7 Å². The minimum Gasteiger partial charge on any atom is -0.465 e. The zero-order chi connectivity index (χ0) is 30.2. The number of alkyl halides is 3. The van der Waals surface area contributed by atoms with Gasteiger partial charge in [-0.3, -0.25) is 9.59 Å². The van der Waals surface area contributed by atoms with Crippen LogP contribution in [-0.4, -0.2) is 68.0 Å². The van der Waals surface area contributed by atoms with Crippen LogP contribution in [0.25, 0.3) is 10.9 Å². The number of ether oxygens (including phenoxy) is 1. The number of carboxylic acid groups (broad SMARTS) is 1. The number of carbonyl (C=O) groups excluding carboxylic acids is 2. The van der Waals surface area contributed by atoms with Crippen LogP contribution in [0.5, 0.6) is 11.6 Å². The second kappa shape index (κ2) is 11.1. The Balaban J connectivity index is 1.25. The molecule has 4 aromatic rings. The number of aromatic nitrogens is 2. The number of piperazine rings is 1. The lowest BCUT2D eigenvalue weighted by Crippen LogP contribution is -2.55. The number of halogens is 3. The number of anilines is 1. The van der Waals surface area contributed by atoms with Gasteiger partial charge in [-0.05, 0) is 61.5 Å². The molecule has 5 rings (SSSR count). The monoisotopic (exact) mass is 581 g/mol. The van der Waals surface area contributed by atoms with Gasteiger partial charge in [0.15, 0.2) is 0 Å². The lowest BCUT2D eigenvalue weighted by Gasteiger charge is -2.38. The molecular formula is C29H26F3N5O5. The lowest BCUT2D eigenvalue weighted by molar-refractivity contribution is -0.137. The quantitative estimate of drug-likeness (QED) is 0.323. The number of aryl methyl sites for hydroxylation is 1. The Morgan fingerprint density at radius 3 is 2.38 bits per heavy atom. The first-order chi connectivity index (χ1) is 19.9. The van der Waals surface area contributed by atoms with Gasteiger partial charge < -0.3 is 29.5 Å². The summed E-state index contributed by atoms with van der Waals surface area (Å²) in [5, 5.41) is 12.6. The number of benzene rings is 2. The van der Waals surface area contributed by atoms with E-state index < -0.39 is 23.7 Å². The number of hydrogen-bond donors (Lipinski definition) is 2. The third kappa shape index (κ3) is 5.85. The average Bonchev–Trinajstić information content (AvgIpc) is 3.28. The molecule has 1 fully saturated rings. The summed E-state index contributed by atoms with van der Waals surface area (Å²) >= 11 is 0. The van der Waals surface area contributed by atoms with Gasteiger partial charge in [-0.2, -0.15) is 13.2 Å². The Morgan fingerprint density at radius 2 is 1.76 bits per heavy atom. The van der Waals surface area contributed by atoms with Crippen LogP contribution in [0.2, 0.25) is 0 Å². The van der Waals surface area contributed by atoms with Gasteiger partial charge in [0, 0.05) is 55.3 Å². The molecule has 0 unspecified atom stereocenters. The predicted molar refractivity (Wildman–Crippen MR) is 147 cm³/mol. The minimum absolute atomic E-state index is 0.0642. The fourth-order valence-electron chi connectivity index (χ4n) is 4.83. The molecule has 2 N–H and O–H groups in total. The van der Waals surface area contributed by atoms with Crippen molar-refractivity contribution in [1.29, 1.82) is 0 Å². The van der Waals surface area contributed by atoms with Crippen molar-refractivity contribution < 1.29 is 37.4 Å². The second-order valence-corrected chi connectivity index (χ2v) is 9.90. The van der Waals surface area contributed by atoms with Crippen molar-refractivity contribution in [3.8, 4) is 11.6 Å². The normalized spacial score (nSPS) is 15.5. The van der Waals surface area contributed by atoms with Gasteiger partial charge >= 0.3 is 12.3 Å². The SMILES string of the molecule is C[C@@H]1CN(C(=O)O)CCN1C(=O)c1cc2cc(Oc3ccc(NC(=O)c4ccc(C(F)(F)F)cc4)cn3)ccc2n1C. The molecule has 0 bridgehead atoms. The van der Waals surface area contributed by atoms with Crippen molar-refractivity contribution in [3.63, 3.8) is 0 Å². The van der Waals surface area contributed by atoms with Crippen molar-refractivity contribution in [2.75, 3.05) is 25.0 Å². The summed E-state index contributed by atoms with van der Waals surface area (Å²) in [5.74, 6) is -0.0784. The Kier molecular flexibility index (Phi) is 7.50. The van der Waals surface area contributed by atoms with Gasteiger partial charge in [0.05, 0.1) is 17.4 Å². The van der Waals surface area contributed by atoms with Crippen molar-refractivity contribution in [1.82, 2.24) is 19.4 Å². The topological polar surface area (TPSA) is 117 Å². The maximum Gasteiger partial charge on any atom is 0.416 e. The zero-order valence-electron chi connectivity index (χ0n) is 22.6. The van der Waals surface area contributed by atoms with Crippen LogP contribution in [0.15, 0.2) is 66.9 Å². The van der Waals surface area contributed by atoms with E-state index in [1.165, 1.54) is 17.2 Å². The molecule has 13 heteroatoms. The van der Waals surface area contributed by atoms with Crippen LogP contribution >= 0.6 is 0 Å². The molecule has 0 saturated carbocycles. The van der Waals surface area contributed by atoms with E-state index in [1.54, 1.807) is 40.8 Å². The molecule has 1 aliphatic rings. The molecular weight excluding hydrogens is 555 g/mol. The highest BCUT2D eigenvalue weighted by atomic mass is 19.4. The molecule has 2 aromatic carbocycles. The first-order valence-electron chi connectivity index (χ1n) is 12.9. The second-order valence-electron chi connectivity index (χ2n) is 9.90. The molecule has 0 spiro atoms. The van der Waals surface area contributed by atoms with Crippen LogP contribution in [0.4, 0.5) is 23.7 Å². The fourth-order valence-corrected chi connectivity index (χ4v) is 4.83. The third-order valence-electron chi connectivity index (χ3n) is 7.08. The smallest absolute Gasteiger partial charge is 0.416 e. The Morgan fingerprint density at radius 1 is 1.02 bits per heavy atom. The zero-order valence-corrected chi connectivity index (χ0v) is 22.6. The van der Waals surface area contributed by atoms with E-state index in [-0.39, 0.29) is 36.5 Å². The predicted octanol–water partition coefficient (Wildman–Crippen LogP) is 5.46. The number of nitrogens with zero attached hydrogens (tertiary/aromatic N) is 4. The lowest BCUT2D eigenvalue weighted by atomic mass is 10.1. The van der Waals surface area contributed by atoms with Gasteiger partial charge in [0.2, 0.25) is 5.88 Å². The largest absolute Gasteiger partial charge is 0.465 e. The molecule has 0 radical (unpaired) electrons. The van der Waals surface area contributed by atoms with Crippen molar-refractivity contribution in [2.45, 2.75) is 19.1 Å². The van der Waals surface area contributed by atoms with Gasteiger partial charge in [-0.25, -0.2) is 9.78 Å². The number of hydrogen-bond acceptors (Lipinski definition) is 5. The molecule has 3 amide bonds. The number of pyridine rings is 1. The summed E-state index contributed by atoms with van der Waals surface area (Å²) in [7, 11) is 1.79. The van der Waals surface area contributed by atoms with Crippen LogP contribution in [0.1, 0.15) is 33.3 Å². The van der Waals surface area contributed by atoms with Gasteiger partial charge in [-0.15, -0.1) is 0 Å². The highest BCUT2D eigenvalue weighted by Crippen LogP contribution is 2.30. The Labute approximate surface area is 237 Å². The molecule has 1 saturated heterocycles. The van der Waals surface area contributed by atoms with Crippen LogP contribution in [0, 0.1) is 0 Å². The maximum atomic E-state index is 13.3. The molecule has 218 valence electrons. The number of rotatable bonds is 5. The van der Waals surface area contributed by atoms with Crippen LogP contribution in [-0.2, 0) is 13.2 Å².